The quantitative estimate of drug-likeness (QED) is 0.784. The standard InChI is InChI=1S/C18H19FN2O4/c19-14-10-12(16-2-1-9-25-16)5-8-15(14)21-18(24)20-13-6-3-11(4-7-13)17(22)23/h1-2,5,8-11,13H,3-4,6-7H2,(H,22,23)(H2,20,21,24). The molecule has 0 spiro atoms. The van der Waals surface area contributed by atoms with Crippen molar-refractivity contribution in [3.05, 3.63) is 42.4 Å². The number of hydrogen-bond acceptors (Lipinski definition) is 3. The van der Waals surface area contributed by atoms with Crippen molar-refractivity contribution in [3.8, 4) is 11.3 Å². The molecule has 0 bridgehead atoms. The van der Waals surface area contributed by atoms with Crippen LogP contribution in [-0.4, -0.2) is 23.1 Å². The summed E-state index contributed by atoms with van der Waals surface area (Å²) in [4.78, 5) is 23.0. The van der Waals surface area contributed by atoms with E-state index >= 15 is 0 Å². The molecule has 1 aliphatic rings. The van der Waals surface area contributed by atoms with E-state index in [1.807, 2.05) is 0 Å². The molecule has 3 rings (SSSR count). The second-order valence-electron chi connectivity index (χ2n) is 6.16. The fourth-order valence-electron chi connectivity index (χ4n) is 3.04. The van der Waals surface area contributed by atoms with Crippen LogP contribution in [0.3, 0.4) is 0 Å². The largest absolute Gasteiger partial charge is 0.481 e. The number of carbonyl (C=O) groups is 2. The highest BCUT2D eigenvalue weighted by atomic mass is 19.1. The van der Waals surface area contributed by atoms with Crippen LogP contribution in [0.25, 0.3) is 11.3 Å². The molecular weight excluding hydrogens is 327 g/mol. The number of rotatable bonds is 4. The molecule has 0 unspecified atom stereocenters. The zero-order chi connectivity index (χ0) is 17.8. The second kappa shape index (κ2) is 7.38. The normalized spacial score (nSPS) is 20.0. The molecule has 1 fully saturated rings. The lowest BCUT2D eigenvalue weighted by Gasteiger charge is -2.26. The Labute approximate surface area is 144 Å². The summed E-state index contributed by atoms with van der Waals surface area (Å²) < 4.78 is 19.4. The Bertz CT molecular complexity index is 752. The van der Waals surface area contributed by atoms with Crippen LogP contribution in [0.5, 0.6) is 0 Å². The monoisotopic (exact) mass is 346 g/mol. The maximum atomic E-state index is 14.2. The van der Waals surface area contributed by atoms with Gasteiger partial charge in [0, 0.05) is 11.6 Å². The number of carboxylic acids is 1. The van der Waals surface area contributed by atoms with Gasteiger partial charge in [0.1, 0.15) is 11.6 Å². The fraction of sp³-hybridized carbons (Fsp3) is 0.333. The average molecular weight is 346 g/mol. The van der Waals surface area contributed by atoms with E-state index < -0.39 is 17.8 Å². The number of urea groups is 1. The Morgan fingerprint density at radius 1 is 1.16 bits per heavy atom. The number of benzene rings is 1. The minimum atomic E-state index is -0.790. The molecule has 1 aromatic carbocycles. The zero-order valence-corrected chi connectivity index (χ0v) is 13.5. The summed E-state index contributed by atoms with van der Waals surface area (Å²) >= 11 is 0. The molecule has 0 atom stereocenters. The number of carboxylic acid groups (broad SMARTS) is 1. The Kier molecular flexibility index (Phi) is 5.02. The van der Waals surface area contributed by atoms with Crippen LogP contribution in [0.15, 0.2) is 41.0 Å². The smallest absolute Gasteiger partial charge is 0.319 e. The number of aliphatic carboxylic acids is 1. The van der Waals surface area contributed by atoms with Gasteiger partial charge in [-0.25, -0.2) is 9.18 Å². The number of furan rings is 1. The summed E-state index contributed by atoms with van der Waals surface area (Å²) in [6.07, 6.45) is 3.78. The molecule has 1 saturated carbocycles. The van der Waals surface area contributed by atoms with Crippen LogP contribution in [0.4, 0.5) is 14.9 Å². The van der Waals surface area contributed by atoms with Gasteiger partial charge in [0.2, 0.25) is 0 Å². The van der Waals surface area contributed by atoms with Gasteiger partial charge in [0.25, 0.3) is 0 Å². The molecule has 0 aliphatic heterocycles. The molecule has 132 valence electrons. The van der Waals surface area contributed by atoms with Gasteiger partial charge < -0.3 is 20.2 Å². The lowest BCUT2D eigenvalue weighted by Crippen LogP contribution is -2.41. The average Bonchev–Trinajstić information content (AvgIpc) is 3.11. The summed E-state index contributed by atoms with van der Waals surface area (Å²) in [6, 6.07) is 7.29. The van der Waals surface area contributed by atoms with Gasteiger partial charge in [-0.1, -0.05) is 0 Å². The van der Waals surface area contributed by atoms with Crippen LogP contribution in [-0.2, 0) is 4.79 Å². The Hall–Kier alpha value is -2.83. The van der Waals surface area contributed by atoms with Crippen molar-refractivity contribution in [2.75, 3.05) is 5.32 Å². The van der Waals surface area contributed by atoms with E-state index in [4.69, 9.17) is 9.52 Å². The fourth-order valence-corrected chi connectivity index (χ4v) is 3.04. The van der Waals surface area contributed by atoms with Crippen LogP contribution in [0.2, 0.25) is 0 Å². The summed E-state index contributed by atoms with van der Waals surface area (Å²) in [5.41, 5.74) is 0.660. The molecule has 1 aromatic heterocycles. The summed E-state index contributed by atoms with van der Waals surface area (Å²) in [5.74, 6) is -1.14. The van der Waals surface area contributed by atoms with Crippen LogP contribution in [0.1, 0.15) is 25.7 Å². The SMILES string of the molecule is O=C(Nc1ccc(-c2ccco2)cc1F)NC1CCC(C(=O)O)CC1. The van der Waals surface area contributed by atoms with E-state index in [9.17, 15) is 14.0 Å². The molecular formula is C18H19FN2O4. The Morgan fingerprint density at radius 2 is 1.92 bits per heavy atom. The molecule has 2 aromatic rings. The molecule has 0 radical (unpaired) electrons. The Balaban J connectivity index is 1.55. The maximum absolute atomic E-state index is 14.2. The highest BCUT2D eigenvalue weighted by molar-refractivity contribution is 5.90. The maximum Gasteiger partial charge on any atom is 0.319 e. The third kappa shape index (κ3) is 4.17. The van der Waals surface area contributed by atoms with Gasteiger partial charge in [-0.15, -0.1) is 0 Å². The predicted molar refractivity (Wildman–Crippen MR) is 89.6 cm³/mol. The van der Waals surface area contributed by atoms with Gasteiger partial charge in [0.15, 0.2) is 0 Å². The van der Waals surface area contributed by atoms with Crippen molar-refractivity contribution in [3.63, 3.8) is 0 Å². The first-order valence-electron chi connectivity index (χ1n) is 8.16. The van der Waals surface area contributed by atoms with Gasteiger partial charge in [-0.05, 0) is 56.0 Å². The third-order valence-corrected chi connectivity index (χ3v) is 4.43. The van der Waals surface area contributed by atoms with E-state index in [1.165, 1.54) is 18.4 Å². The minimum Gasteiger partial charge on any atom is -0.481 e. The molecule has 2 amide bonds. The number of halogens is 1. The Morgan fingerprint density at radius 3 is 2.52 bits per heavy atom. The first-order valence-corrected chi connectivity index (χ1v) is 8.16. The van der Waals surface area contributed by atoms with Gasteiger partial charge in [0.05, 0.1) is 17.9 Å². The lowest BCUT2D eigenvalue weighted by molar-refractivity contribution is -0.142. The van der Waals surface area contributed by atoms with E-state index in [0.29, 0.717) is 37.0 Å². The number of nitrogens with one attached hydrogen (secondary N) is 2. The van der Waals surface area contributed by atoms with Gasteiger partial charge >= 0.3 is 12.0 Å². The van der Waals surface area contributed by atoms with Crippen LogP contribution >= 0.6 is 0 Å². The van der Waals surface area contributed by atoms with E-state index in [2.05, 4.69) is 10.6 Å². The molecule has 3 N–H and O–H groups in total. The summed E-state index contributed by atoms with van der Waals surface area (Å²) in [5, 5.41) is 14.2. The van der Waals surface area contributed by atoms with E-state index in [0.717, 1.165) is 0 Å². The van der Waals surface area contributed by atoms with Gasteiger partial charge in [-0.2, -0.15) is 0 Å². The highest BCUT2D eigenvalue weighted by Crippen LogP contribution is 2.26. The molecule has 0 saturated heterocycles. The number of amides is 2. The third-order valence-electron chi connectivity index (χ3n) is 4.43. The predicted octanol–water partition coefficient (Wildman–Crippen LogP) is 3.85. The number of carbonyl (C=O) groups excluding carboxylic acids is 1. The van der Waals surface area contributed by atoms with Crippen LogP contribution in [0, 0.1) is 11.7 Å². The topological polar surface area (TPSA) is 91.6 Å². The second-order valence-corrected chi connectivity index (χ2v) is 6.16. The number of hydrogen-bond donors (Lipinski definition) is 3. The van der Waals surface area contributed by atoms with Crippen LogP contribution < -0.4 is 10.6 Å². The number of anilines is 1. The van der Waals surface area contributed by atoms with Crippen molar-refractivity contribution in [2.45, 2.75) is 31.7 Å². The van der Waals surface area contributed by atoms with Crippen molar-refractivity contribution in [2.24, 2.45) is 5.92 Å². The molecule has 1 aliphatic carbocycles. The molecule has 6 nitrogen and oxygen atoms in total. The highest BCUT2D eigenvalue weighted by Gasteiger charge is 2.26. The van der Waals surface area contributed by atoms with Gasteiger partial charge in [-0.3, -0.25) is 4.79 Å². The molecule has 7 heteroatoms. The summed E-state index contributed by atoms with van der Waals surface area (Å²) in [7, 11) is 0. The van der Waals surface area contributed by atoms with E-state index in [-0.39, 0.29) is 17.6 Å². The molecule has 25 heavy (non-hydrogen) atoms. The lowest BCUT2D eigenvalue weighted by atomic mass is 9.86. The van der Waals surface area contributed by atoms with Crippen molar-refractivity contribution in [1.29, 1.82) is 0 Å². The van der Waals surface area contributed by atoms with Crippen molar-refractivity contribution in [1.82, 2.24) is 5.32 Å². The first-order chi connectivity index (χ1) is 12.0. The minimum absolute atomic E-state index is 0.0760. The first kappa shape index (κ1) is 17.0. The van der Waals surface area contributed by atoms with Crippen molar-refractivity contribution >= 4 is 17.7 Å². The molecule has 1 heterocycles. The zero-order valence-electron chi connectivity index (χ0n) is 13.5. The van der Waals surface area contributed by atoms with Crippen molar-refractivity contribution < 1.29 is 23.5 Å². The summed E-state index contributed by atoms with van der Waals surface area (Å²) in [6.45, 7) is 0. The van der Waals surface area contributed by atoms with E-state index in [1.54, 1.807) is 18.2 Å².